The van der Waals surface area contributed by atoms with Gasteiger partial charge in [0.25, 0.3) is 0 Å². The fourth-order valence-corrected chi connectivity index (χ4v) is 5.42. The Morgan fingerprint density at radius 1 is 1.00 bits per heavy atom. The van der Waals surface area contributed by atoms with Crippen molar-refractivity contribution in [3.8, 4) is 17.2 Å². The number of nitrogens with zero attached hydrogens (tertiary/aromatic N) is 3. The van der Waals surface area contributed by atoms with Crippen LogP contribution < -0.4 is 19.1 Å². The van der Waals surface area contributed by atoms with Crippen molar-refractivity contribution in [1.82, 2.24) is 9.80 Å². The Morgan fingerprint density at radius 2 is 1.83 bits per heavy atom. The van der Waals surface area contributed by atoms with E-state index in [-0.39, 0.29) is 30.9 Å². The summed E-state index contributed by atoms with van der Waals surface area (Å²) >= 11 is 0. The third-order valence-electron chi connectivity index (χ3n) is 7.79. The first kappa shape index (κ1) is 31.4. The predicted octanol–water partition coefficient (Wildman–Crippen LogP) is 4.11. The number of aliphatic hydroxyl groups excluding tert-OH is 1. The van der Waals surface area contributed by atoms with E-state index in [1.807, 2.05) is 41.3 Å². The summed E-state index contributed by atoms with van der Waals surface area (Å²) in [5.74, 6) is 1.77. The van der Waals surface area contributed by atoms with Crippen molar-refractivity contribution in [2.45, 2.75) is 45.6 Å². The van der Waals surface area contributed by atoms with Gasteiger partial charge in [0.15, 0.2) is 11.5 Å². The molecule has 1 unspecified atom stereocenters. The SMILES string of the molecule is CCCCCOc1cc(N2CC(CO)CN(Cc3ccc(CC(=O)N4CCCOCC4)cc3OC)C2=O)ccc1OC. The molecular formula is C32H45N3O7. The maximum Gasteiger partial charge on any atom is 0.324 e. The lowest BCUT2D eigenvalue weighted by Crippen LogP contribution is -2.54. The number of methoxy groups -OCH3 is 2. The summed E-state index contributed by atoms with van der Waals surface area (Å²) in [6.07, 6.45) is 4.23. The van der Waals surface area contributed by atoms with Crippen molar-refractivity contribution < 1.29 is 33.6 Å². The monoisotopic (exact) mass is 583 g/mol. The summed E-state index contributed by atoms with van der Waals surface area (Å²) in [7, 11) is 3.19. The van der Waals surface area contributed by atoms with Crippen LogP contribution in [-0.2, 0) is 22.5 Å². The number of carbonyl (C=O) groups is 2. The topological polar surface area (TPSA) is 101 Å². The number of benzene rings is 2. The van der Waals surface area contributed by atoms with E-state index in [1.165, 1.54) is 0 Å². The molecule has 2 aliphatic rings. The first-order valence-corrected chi connectivity index (χ1v) is 15.0. The summed E-state index contributed by atoms with van der Waals surface area (Å²) in [5, 5.41) is 10.1. The fraction of sp³-hybridized carbons (Fsp3) is 0.562. The van der Waals surface area contributed by atoms with E-state index in [1.54, 1.807) is 24.0 Å². The highest BCUT2D eigenvalue weighted by atomic mass is 16.5. The number of unbranched alkanes of at least 4 members (excludes halogenated alkanes) is 2. The number of hydrogen-bond donors (Lipinski definition) is 1. The predicted molar refractivity (Wildman–Crippen MR) is 160 cm³/mol. The van der Waals surface area contributed by atoms with Gasteiger partial charge in [-0.3, -0.25) is 9.69 Å². The summed E-state index contributed by atoms with van der Waals surface area (Å²) in [4.78, 5) is 31.9. The minimum atomic E-state index is -0.161. The van der Waals surface area contributed by atoms with E-state index >= 15 is 0 Å². The van der Waals surface area contributed by atoms with Gasteiger partial charge in [0.05, 0.1) is 40.4 Å². The van der Waals surface area contributed by atoms with Crippen molar-refractivity contribution in [3.63, 3.8) is 0 Å². The standard InChI is InChI=1S/C32H45N3O7/c1-4-5-6-15-42-30-19-27(10-11-28(30)39-2)35-21-25(23-36)20-34(32(35)38)22-26-9-8-24(17-29(26)40-3)18-31(37)33-12-7-14-41-16-13-33/h8-11,17,19,25,36H,4-7,12-16,18,20-23H2,1-3H3. The van der Waals surface area contributed by atoms with Gasteiger partial charge in [0, 0.05) is 62.6 Å². The second-order valence-corrected chi connectivity index (χ2v) is 10.9. The Labute approximate surface area is 249 Å². The first-order chi connectivity index (χ1) is 20.5. The lowest BCUT2D eigenvalue weighted by molar-refractivity contribution is -0.130. The Bertz CT molecular complexity index is 1180. The first-order valence-electron chi connectivity index (χ1n) is 15.0. The van der Waals surface area contributed by atoms with E-state index in [0.717, 1.165) is 36.8 Å². The van der Waals surface area contributed by atoms with Crippen LogP contribution >= 0.6 is 0 Å². The van der Waals surface area contributed by atoms with Crippen LogP contribution in [0.2, 0.25) is 0 Å². The van der Waals surface area contributed by atoms with Gasteiger partial charge in [-0.1, -0.05) is 31.9 Å². The molecule has 0 bridgehead atoms. The van der Waals surface area contributed by atoms with Crippen molar-refractivity contribution in [2.24, 2.45) is 5.92 Å². The lowest BCUT2D eigenvalue weighted by Gasteiger charge is -2.40. The Balaban J connectivity index is 1.49. The average molecular weight is 584 g/mol. The van der Waals surface area contributed by atoms with Crippen LogP contribution in [0, 0.1) is 5.92 Å². The second kappa shape index (κ2) is 15.7. The summed E-state index contributed by atoms with van der Waals surface area (Å²) < 4.78 is 22.7. The molecule has 0 spiro atoms. The van der Waals surface area contributed by atoms with Crippen LogP contribution in [0.15, 0.2) is 36.4 Å². The van der Waals surface area contributed by atoms with Crippen molar-refractivity contribution >= 4 is 17.6 Å². The molecule has 1 atom stereocenters. The molecular weight excluding hydrogens is 538 g/mol. The van der Waals surface area contributed by atoms with Gasteiger partial charge < -0.3 is 33.9 Å². The fourth-order valence-electron chi connectivity index (χ4n) is 5.42. The quantitative estimate of drug-likeness (QED) is 0.354. The minimum Gasteiger partial charge on any atom is -0.496 e. The van der Waals surface area contributed by atoms with E-state index in [2.05, 4.69) is 6.92 Å². The Hall–Kier alpha value is -3.50. The smallest absolute Gasteiger partial charge is 0.324 e. The van der Waals surface area contributed by atoms with E-state index in [4.69, 9.17) is 18.9 Å². The normalized spacial score (nSPS) is 17.7. The van der Waals surface area contributed by atoms with Gasteiger partial charge in [-0.25, -0.2) is 4.79 Å². The van der Waals surface area contributed by atoms with E-state index in [0.29, 0.717) is 75.5 Å². The minimum absolute atomic E-state index is 0.0451. The lowest BCUT2D eigenvalue weighted by atomic mass is 10.0. The molecule has 0 aromatic heterocycles. The highest BCUT2D eigenvalue weighted by Gasteiger charge is 2.33. The van der Waals surface area contributed by atoms with Crippen LogP contribution in [0.5, 0.6) is 17.2 Å². The summed E-state index contributed by atoms with van der Waals surface area (Å²) in [6.45, 7) is 6.35. The number of carbonyl (C=O) groups excluding carboxylic acids is 2. The number of urea groups is 1. The van der Waals surface area contributed by atoms with Crippen LogP contribution in [0.4, 0.5) is 10.5 Å². The Morgan fingerprint density at radius 3 is 2.60 bits per heavy atom. The molecule has 10 nitrogen and oxygen atoms in total. The van der Waals surface area contributed by atoms with Crippen molar-refractivity contribution in [1.29, 1.82) is 0 Å². The molecule has 2 aromatic rings. The highest BCUT2D eigenvalue weighted by Crippen LogP contribution is 2.34. The number of aliphatic hydroxyl groups is 1. The molecule has 0 saturated carbocycles. The van der Waals surface area contributed by atoms with Gasteiger partial charge in [-0.2, -0.15) is 0 Å². The molecule has 4 rings (SSSR count). The second-order valence-electron chi connectivity index (χ2n) is 10.9. The molecule has 2 heterocycles. The molecule has 0 radical (unpaired) electrons. The highest BCUT2D eigenvalue weighted by molar-refractivity contribution is 5.93. The van der Waals surface area contributed by atoms with E-state index in [9.17, 15) is 14.7 Å². The van der Waals surface area contributed by atoms with Gasteiger partial charge in [0.2, 0.25) is 5.91 Å². The van der Waals surface area contributed by atoms with E-state index < -0.39 is 0 Å². The zero-order chi connectivity index (χ0) is 29.9. The molecule has 2 aromatic carbocycles. The summed E-state index contributed by atoms with van der Waals surface area (Å²) in [6, 6.07) is 11.1. The Kier molecular flexibility index (Phi) is 11.7. The largest absolute Gasteiger partial charge is 0.496 e. The van der Waals surface area contributed by atoms with Gasteiger partial charge in [-0.15, -0.1) is 0 Å². The summed E-state index contributed by atoms with van der Waals surface area (Å²) in [5.41, 5.74) is 2.38. The molecule has 230 valence electrons. The van der Waals surface area contributed by atoms with Crippen molar-refractivity contribution in [2.75, 3.05) is 71.7 Å². The average Bonchev–Trinajstić information content (AvgIpc) is 3.31. The maximum atomic E-state index is 13.8. The zero-order valence-corrected chi connectivity index (χ0v) is 25.2. The number of anilines is 1. The molecule has 2 fully saturated rings. The molecule has 3 amide bonds. The molecule has 1 N–H and O–H groups in total. The number of hydrogen-bond acceptors (Lipinski definition) is 7. The third kappa shape index (κ3) is 8.07. The van der Waals surface area contributed by atoms with Gasteiger partial charge in [-0.05, 0) is 36.6 Å². The molecule has 2 saturated heterocycles. The van der Waals surface area contributed by atoms with Gasteiger partial charge in [0.1, 0.15) is 5.75 Å². The van der Waals surface area contributed by atoms with Gasteiger partial charge >= 0.3 is 6.03 Å². The molecule has 2 aliphatic heterocycles. The number of rotatable bonds is 13. The molecule has 10 heteroatoms. The van der Waals surface area contributed by atoms with Crippen LogP contribution in [0.1, 0.15) is 43.7 Å². The number of amides is 3. The van der Waals surface area contributed by atoms with Crippen LogP contribution in [0.3, 0.4) is 0 Å². The molecule has 42 heavy (non-hydrogen) atoms. The molecule has 0 aliphatic carbocycles. The maximum absolute atomic E-state index is 13.8. The van der Waals surface area contributed by atoms with Crippen molar-refractivity contribution in [3.05, 3.63) is 47.5 Å². The van der Waals surface area contributed by atoms with Crippen LogP contribution in [0.25, 0.3) is 0 Å². The third-order valence-corrected chi connectivity index (χ3v) is 7.79. The zero-order valence-electron chi connectivity index (χ0n) is 25.2. The van der Waals surface area contributed by atoms with Crippen LogP contribution in [-0.4, -0.2) is 93.7 Å². The number of ether oxygens (including phenoxy) is 4.